The number of likely N-dealkylation sites (tertiary alicyclic amines) is 1. The summed E-state index contributed by atoms with van der Waals surface area (Å²) >= 11 is 0. The van der Waals surface area contributed by atoms with Crippen molar-refractivity contribution >= 4 is 5.96 Å². The van der Waals surface area contributed by atoms with Gasteiger partial charge in [-0.15, -0.1) is 0 Å². The summed E-state index contributed by atoms with van der Waals surface area (Å²) in [7, 11) is 1.77. The molecule has 0 aromatic heterocycles. The smallest absolute Gasteiger partial charge is 0.190 e. The standard InChI is InChI=1S/C21H33FN4O2/c1-23-21(24-8-6-12-26-10-4-2-3-5-11-26)25-9-7-17-13-19(22)14-18-15-27-16-28-20(17)18/h13-14H,2-12,15-16H2,1H3,(H2,23,24,25). The average molecular weight is 393 g/mol. The maximum Gasteiger partial charge on any atom is 0.190 e. The van der Waals surface area contributed by atoms with E-state index in [9.17, 15) is 4.39 Å². The Bertz CT molecular complexity index is 646. The van der Waals surface area contributed by atoms with Gasteiger partial charge in [0, 0.05) is 25.7 Å². The lowest BCUT2D eigenvalue weighted by Gasteiger charge is -2.21. The Morgan fingerprint density at radius 1 is 1.14 bits per heavy atom. The highest BCUT2D eigenvalue weighted by Crippen LogP contribution is 2.29. The summed E-state index contributed by atoms with van der Waals surface area (Å²) in [4.78, 5) is 6.85. The zero-order valence-electron chi connectivity index (χ0n) is 16.9. The quantitative estimate of drug-likeness (QED) is 0.424. The zero-order valence-corrected chi connectivity index (χ0v) is 16.9. The van der Waals surface area contributed by atoms with Crippen LogP contribution >= 0.6 is 0 Å². The molecule has 0 spiro atoms. The predicted octanol–water partition coefficient (Wildman–Crippen LogP) is 2.67. The van der Waals surface area contributed by atoms with Crippen LogP contribution in [0.4, 0.5) is 4.39 Å². The number of rotatable bonds is 7. The number of ether oxygens (including phenoxy) is 2. The Balaban J connectivity index is 1.38. The third-order valence-electron chi connectivity index (χ3n) is 5.30. The molecule has 3 rings (SSSR count). The molecule has 0 saturated carbocycles. The lowest BCUT2D eigenvalue weighted by molar-refractivity contribution is -0.0172. The van der Waals surface area contributed by atoms with Crippen molar-refractivity contribution in [3.05, 3.63) is 29.1 Å². The van der Waals surface area contributed by atoms with Gasteiger partial charge in [0.25, 0.3) is 0 Å². The summed E-state index contributed by atoms with van der Waals surface area (Å²) in [6.45, 7) is 5.78. The fourth-order valence-corrected chi connectivity index (χ4v) is 3.85. The van der Waals surface area contributed by atoms with E-state index in [1.807, 2.05) is 0 Å². The fourth-order valence-electron chi connectivity index (χ4n) is 3.85. The monoisotopic (exact) mass is 392 g/mol. The largest absolute Gasteiger partial charge is 0.467 e. The minimum Gasteiger partial charge on any atom is -0.467 e. The molecule has 1 saturated heterocycles. The molecule has 156 valence electrons. The molecule has 2 heterocycles. The van der Waals surface area contributed by atoms with Gasteiger partial charge >= 0.3 is 0 Å². The van der Waals surface area contributed by atoms with Gasteiger partial charge in [-0.05, 0) is 63.0 Å². The molecule has 28 heavy (non-hydrogen) atoms. The molecular weight excluding hydrogens is 359 g/mol. The number of halogens is 1. The van der Waals surface area contributed by atoms with Crippen LogP contribution in [0.2, 0.25) is 0 Å². The van der Waals surface area contributed by atoms with Crippen LogP contribution in [0.1, 0.15) is 43.2 Å². The van der Waals surface area contributed by atoms with Crippen LogP contribution in [0, 0.1) is 5.82 Å². The first-order chi connectivity index (χ1) is 13.8. The molecular formula is C21H33FN4O2. The number of guanidine groups is 1. The fraction of sp³-hybridized carbons (Fsp3) is 0.667. The molecule has 0 aliphatic carbocycles. The topological polar surface area (TPSA) is 58.1 Å². The van der Waals surface area contributed by atoms with E-state index in [-0.39, 0.29) is 12.6 Å². The molecule has 1 fully saturated rings. The molecule has 0 amide bonds. The minimum atomic E-state index is -0.251. The van der Waals surface area contributed by atoms with E-state index < -0.39 is 0 Å². The van der Waals surface area contributed by atoms with Crippen molar-refractivity contribution in [1.82, 2.24) is 15.5 Å². The summed E-state index contributed by atoms with van der Waals surface area (Å²) in [6.07, 6.45) is 7.17. The first-order valence-corrected chi connectivity index (χ1v) is 10.4. The van der Waals surface area contributed by atoms with Gasteiger partial charge in [-0.1, -0.05) is 12.8 Å². The average Bonchev–Trinajstić information content (AvgIpc) is 2.98. The van der Waals surface area contributed by atoms with Gasteiger partial charge in [0.05, 0.1) is 6.61 Å². The Morgan fingerprint density at radius 3 is 2.71 bits per heavy atom. The van der Waals surface area contributed by atoms with Gasteiger partial charge in [-0.3, -0.25) is 4.99 Å². The number of nitrogens with zero attached hydrogens (tertiary/aromatic N) is 2. The van der Waals surface area contributed by atoms with Crippen molar-refractivity contribution < 1.29 is 13.9 Å². The zero-order chi connectivity index (χ0) is 19.6. The molecule has 1 aromatic rings. The van der Waals surface area contributed by atoms with Crippen LogP contribution in [0.5, 0.6) is 5.75 Å². The summed E-state index contributed by atoms with van der Waals surface area (Å²) in [5.74, 6) is 1.29. The summed E-state index contributed by atoms with van der Waals surface area (Å²) in [5, 5.41) is 6.68. The summed E-state index contributed by atoms with van der Waals surface area (Å²) in [5.41, 5.74) is 1.64. The molecule has 6 nitrogen and oxygen atoms in total. The minimum absolute atomic E-state index is 0.222. The second kappa shape index (κ2) is 11.2. The second-order valence-electron chi connectivity index (χ2n) is 7.45. The predicted molar refractivity (Wildman–Crippen MR) is 109 cm³/mol. The van der Waals surface area contributed by atoms with Crippen LogP contribution in [-0.4, -0.2) is 57.4 Å². The normalized spacial score (nSPS) is 18.1. The maximum absolute atomic E-state index is 13.8. The van der Waals surface area contributed by atoms with Crippen molar-refractivity contribution in [2.24, 2.45) is 4.99 Å². The highest BCUT2D eigenvalue weighted by atomic mass is 19.1. The van der Waals surface area contributed by atoms with Gasteiger partial charge in [-0.25, -0.2) is 4.39 Å². The number of nitrogens with one attached hydrogen (secondary N) is 2. The van der Waals surface area contributed by atoms with Crippen LogP contribution < -0.4 is 15.4 Å². The second-order valence-corrected chi connectivity index (χ2v) is 7.45. The van der Waals surface area contributed by atoms with Gasteiger partial charge in [0.15, 0.2) is 12.8 Å². The van der Waals surface area contributed by atoms with E-state index >= 15 is 0 Å². The Kier molecular flexibility index (Phi) is 8.36. The van der Waals surface area contributed by atoms with E-state index in [0.29, 0.717) is 19.6 Å². The lowest BCUT2D eigenvalue weighted by Crippen LogP contribution is -2.39. The Hall–Kier alpha value is -1.86. The number of benzene rings is 1. The van der Waals surface area contributed by atoms with E-state index in [2.05, 4.69) is 20.5 Å². The van der Waals surface area contributed by atoms with Crippen LogP contribution in [0.15, 0.2) is 17.1 Å². The number of aliphatic imine (C=N–C) groups is 1. The molecule has 0 atom stereocenters. The highest BCUT2D eigenvalue weighted by Gasteiger charge is 2.16. The SMILES string of the molecule is CN=C(NCCCN1CCCCCC1)NCCc1cc(F)cc2c1OCOC2. The molecule has 2 aliphatic heterocycles. The van der Waals surface area contributed by atoms with Crippen LogP contribution in [0.25, 0.3) is 0 Å². The number of hydrogen-bond donors (Lipinski definition) is 2. The third-order valence-corrected chi connectivity index (χ3v) is 5.30. The molecule has 0 unspecified atom stereocenters. The molecule has 0 radical (unpaired) electrons. The van der Waals surface area contributed by atoms with Crippen LogP contribution in [-0.2, 0) is 17.8 Å². The highest BCUT2D eigenvalue weighted by molar-refractivity contribution is 5.79. The number of fused-ring (bicyclic) bond motifs is 1. The lowest BCUT2D eigenvalue weighted by atomic mass is 10.1. The Labute approximate surface area is 167 Å². The maximum atomic E-state index is 13.8. The summed E-state index contributed by atoms with van der Waals surface area (Å²) < 4.78 is 24.6. The molecule has 1 aromatic carbocycles. The van der Waals surface area contributed by atoms with Gasteiger partial charge in [0.1, 0.15) is 11.6 Å². The van der Waals surface area contributed by atoms with Crippen molar-refractivity contribution in [2.45, 2.75) is 45.1 Å². The van der Waals surface area contributed by atoms with Crippen molar-refractivity contribution in [1.29, 1.82) is 0 Å². The summed E-state index contributed by atoms with van der Waals surface area (Å²) in [6, 6.07) is 3.03. The van der Waals surface area contributed by atoms with E-state index in [0.717, 1.165) is 42.3 Å². The first kappa shape index (κ1) is 20.9. The van der Waals surface area contributed by atoms with E-state index in [4.69, 9.17) is 9.47 Å². The van der Waals surface area contributed by atoms with Crippen molar-refractivity contribution in [3.63, 3.8) is 0 Å². The van der Waals surface area contributed by atoms with E-state index in [1.54, 1.807) is 13.1 Å². The molecule has 7 heteroatoms. The van der Waals surface area contributed by atoms with Gasteiger partial charge in [-0.2, -0.15) is 0 Å². The van der Waals surface area contributed by atoms with Gasteiger partial charge in [0.2, 0.25) is 0 Å². The molecule has 2 aliphatic rings. The molecule has 2 N–H and O–H groups in total. The van der Waals surface area contributed by atoms with Crippen molar-refractivity contribution in [2.75, 3.05) is 46.6 Å². The van der Waals surface area contributed by atoms with Gasteiger partial charge < -0.3 is 25.0 Å². The third kappa shape index (κ3) is 6.34. The first-order valence-electron chi connectivity index (χ1n) is 10.4. The molecule has 0 bridgehead atoms. The van der Waals surface area contributed by atoms with Crippen molar-refractivity contribution in [3.8, 4) is 5.75 Å². The van der Waals surface area contributed by atoms with E-state index in [1.165, 1.54) is 44.8 Å². The number of hydrogen-bond acceptors (Lipinski definition) is 4. The van der Waals surface area contributed by atoms with Crippen LogP contribution in [0.3, 0.4) is 0 Å². The Morgan fingerprint density at radius 2 is 1.93 bits per heavy atom.